The van der Waals surface area contributed by atoms with Crippen LogP contribution in [-0.2, 0) is 4.74 Å². The molecule has 16 heavy (non-hydrogen) atoms. The predicted octanol–water partition coefficient (Wildman–Crippen LogP) is 1.35. The molecule has 0 aromatic heterocycles. The Hall–Kier alpha value is -0.0700. The molecular formula is C10H19N3OS2. The first-order valence-electron chi connectivity index (χ1n) is 5.66. The van der Waals surface area contributed by atoms with Gasteiger partial charge in [0.15, 0.2) is 5.17 Å². The monoisotopic (exact) mass is 261 g/mol. The zero-order chi connectivity index (χ0) is 11.4. The van der Waals surface area contributed by atoms with E-state index in [1.807, 2.05) is 11.8 Å². The smallest absolute Gasteiger partial charge is 0.177 e. The van der Waals surface area contributed by atoms with E-state index in [9.17, 15) is 0 Å². The second kappa shape index (κ2) is 5.51. The molecule has 2 aliphatic rings. The molecule has 0 radical (unpaired) electrons. The summed E-state index contributed by atoms with van der Waals surface area (Å²) in [5.41, 5.74) is 5.79. The fourth-order valence-corrected chi connectivity index (χ4v) is 4.62. The van der Waals surface area contributed by atoms with E-state index < -0.39 is 0 Å². The van der Waals surface area contributed by atoms with Crippen LogP contribution in [0.1, 0.15) is 25.7 Å². The van der Waals surface area contributed by atoms with Crippen LogP contribution in [0, 0.1) is 0 Å². The van der Waals surface area contributed by atoms with E-state index in [1.165, 1.54) is 24.3 Å². The maximum Gasteiger partial charge on any atom is 0.177 e. The molecule has 0 aromatic rings. The van der Waals surface area contributed by atoms with Gasteiger partial charge in [0.25, 0.3) is 0 Å². The Kier molecular flexibility index (Phi) is 4.27. The van der Waals surface area contributed by atoms with Gasteiger partial charge in [-0.25, -0.2) is 0 Å². The van der Waals surface area contributed by atoms with Crippen LogP contribution >= 0.6 is 23.5 Å². The molecule has 6 heteroatoms. The molecule has 4 N–H and O–H groups in total. The molecule has 2 aliphatic heterocycles. The van der Waals surface area contributed by atoms with Crippen molar-refractivity contribution in [3.05, 3.63) is 0 Å². The number of ether oxygens (including phenoxy) is 1. The number of rotatable bonds is 1. The Morgan fingerprint density at radius 1 is 1.44 bits per heavy atom. The fraction of sp³-hybridized carbons (Fsp3) is 0.900. The first-order valence-corrected chi connectivity index (χ1v) is 7.69. The number of nitrogens with zero attached hydrogens (tertiary/aromatic N) is 1. The summed E-state index contributed by atoms with van der Waals surface area (Å²) < 4.78 is 6.01. The molecule has 0 amide bonds. The SMILES string of the molecule is NN=C(N)SC1CCOC2(CCSCC2)C1. The summed E-state index contributed by atoms with van der Waals surface area (Å²) in [5, 5.41) is 4.54. The number of nitrogens with two attached hydrogens (primary N) is 2. The van der Waals surface area contributed by atoms with E-state index in [0.717, 1.165) is 19.4 Å². The number of thioether (sulfide) groups is 2. The van der Waals surface area contributed by atoms with Gasteiger partial charge in [-0.3, -0.25) is 0 Å². The second-order valence-corrected chi connectivity index (χ2v) is 6.89. The van der Waals surface area contributed by atoms with Gasteiger partial charge in [-0.05, 0) is 37.2 Å². The van der Waals surface area contributed by atoms with Crippen molar-refractivity contribution in [2.24, 2.45) is 16.7 Å². The van der Waals surface area contributed by atoms with Gasteiger partial charge in [0.2, 0.25) is 0 Å². The molecule has 2 saturated heterocycles. The third kappa shape index (κ3) is 2.99. The lowest BCUT2D eigenvalue weighted by Crippen LogP contribution is -2.44. The zero-order valence-corrected chi connectivity index (χ0v) is 11.0. The van der Waals surface area contributed by atoms with Gasteiger partial charge in [-0.1, -0.05) is 11.8 Å². The summed E-state index contributed by atoms with van der Waals surface area (Å²) in [4.78, 5) is 0. The highest BCUT2D eigenvalue weighted by Gasteiger charge is 2.39. The summed E-state index contributed by atoms with van der Waals surface area (Å²) in [6.07, 6.45) is 4.49. The normalized spacial score (nSPS) is 30.5. The average Bonchev–Trinajstić information content (AvgIpc) is 2.30. The van der Waals surface area contributed by atoms with Crippen molar-refractivity contribution in [3.8, 4) is 0 Å². The van der Waals surface area contributed by atoms with E-state index in [-0.39, 0.29) is 5.60 Å². The van der Waals surface area contributed by atoms with Crippen LogP contribution in [0.15, 0.2) is 5.10 Å². The third-order valence-electron chi connectivity index (χ3n) is 3.27. The first kappa shape index (κ1) is 12.4. The Balaban J connectivity index is 1.92. The minimum atomic E-state index is 0.121. The summed E-state index contributed by atoms with van der Waals surface area (Å²) in [5.74, 6) is 7.61. The van der Waals surface area contributed by atoms with Crippen molar-refractivity contribution in [2.75, 3.05) is 18.1 Å². The second-order valence-electron chi connectivity index (χ2n) is 4.34. The molecule has 0 bridgehead atoms. The predicted molar refractivity (Wildman–Crippen MR) is 71.7 cm³/mol. The highest BCUT2D eigenvalue weighted by Crippen LogP contribution is 2.40. The largest absolute Gasteiger partial charge is 0.377 e. The molecule has 0 aliphatic carbocycles. The molecule has 0 aromatic carbocycles. The van der Waals surface area contributed by atoms with E-state index >= 15 is 0 Å². The molecule has 0 saturated carbocycles. The Morgan fingerprint density at radius 3 is 2.88 bits per heavy atom. The topological polar surface area (TPSA) is 73.6 Å². The average molecular weight is 261 g/mol. The maximum atomic E-state index is 6.01. The van der Waals surface area contributed by atoms with E-state index in [1.54, 1.807) is 11.8 Å². The maximum absolute atomic E-state index is 6.01. The lowest BCUT2D eigenvalue weighted by atomic mass is 9.88. The summed E-state index contributed by atoms with van der Waals surface area (Å²) >= 11 is 3.63. The van der Waals surface area contributed by atoms with Crippen molar-refractivity contribution >= 4 is 28.7 Å². The van der Waals surface area contributed by atoms with Crippen LogP contribution < -0.4 is 11.6 Å². The van der Waals surface area contributed by atoms with Crippen LogP contribution in [0.2, 0.25) is 0 Å². The van der Waals surface area contributed by atoms with Crippen LogP contribution in [0.4, 0.5) is 0 Å². The van der Waals surface area contributed by atoms with Gasteiger partial charge in [0, 0.05) is 11.9 Å². The number of hydrogen-bond donors (Lipinski definition) is 2. The summed E-state index contributed by atoms with van der Waals surface area (Å²) in [6, 6.07) is 0. The molecule has 1 spiro atoms. The molecule has 2 heterocycles. The number of amidine groups is 1. The Bertz CT molecular complexity index is 261. The molecular weight excluding hydrogens is 242 g/mol. The summed E-state index contributed by atoms with van der Waals surface area (Å²) in [7, 11) is 0. The van der Waals surface area contributed by atoms with Gasteiger partial charge in [-0.15, -0.1) is 0 Å². The fourth-order valence-electron chi connectivity index (χ4n) is 2.38. The number of hydrazone groups is 1. The molecule has 1 atom stereocenters. The van der Waals surface area contributed by atoms with Crippen molar-refractivity contribution < 1.29 is 4.74 Å². The van der Waals surface area contributed by atoms with E-state index in [4.69, 9.17) is 16.3 Å². The molecule has 2 rings (SSSR count). The highest BCUT2D eigenvalue weighted by atomic mass is 32.2. The minimum Gasteiger partial charge on any atom is -0.377 e. The van der Waals surface area contributed by atoms with Gasteiger partial charge >= 0.3 is 0 Å². The summed E-state index contributed by atoms with van der Waals surface area (Å²) in [6.45, 7) is 0.847. The first-order chi connectivity index (χ1) is 7.74. The quantitative estimate of drug-likeness (QED) is 0.323. The van der Waals surface area contributed by atoms with Gasteiger partial charge in [-0.2, -0.15) is 16.9 Å². The Labute approximate surface area is 105 Å². The third-order valence-corrected chi connectivity index (χ3v) is 5.33. The number of hydrogen-bond acceptors (Lipinski definition) is 5. The van der Waals surface area contributed by atoms with Crippen LogP contribution in [-0.4, -0.2) is 34.1 Å². The lowest BCUT2D eigenvalue weighted by Gasteiger charge is -2.43. The molecule has 92 valence electrons. The molecule has 2 fully saturated rings. The Morgan fingerprint density at radius 2 is 2.19 bits per heavy atom. The van der Waals surface area contributed by atoms with Crippen molar-refractivity contribution in [2.45, 2.75) is 36.5 Å². The van der Waals surface area contributed by atoms with E-state index in [2.05, 4.69) is 5.10 Å². The van der Waals surface area contributed by atoms with Gasteiger partial charge in [0.1, 0.15) is 0 Å². The van der Waals surface area contributed by atoms with Crippen LogP contribution in [0.5, 0.6) is 0 Å². The minimum absolute atomic E-state index is 0.121. The van der Waals surface area contributed by atoms with Crippen molar-refractivity contribution in [1.29, 1.82) is 0 Å². The molecule has 4 nitrogen and oxygen atoms in total. The van der Waals surface area contributed by atoms with Gasteiger partial charge in [0.05, 0.1) is 5.60 Å². The standard InChI is InChI=1S/C10H19N3OS2/c11-9(13-12)16-8-1-4-14-10(7-8)2-5-15-6-3-10/h8H,1-7,12H2,(H2,11,13). The van der Waals surface area contributed by atoms with Crippen LogP contribution in [0.25, 0.3) is 0 Å². The zero-order valence-electron chi connectivity index (χ0n) is 9.35. The highest BCUT2D eigenvalue weighted by molar-refractivity contribution is 8.14. The van der Waals surface area contributed by atoms with Crippen LogP contribution in [0.3, 0.4) is 0 Å². The van der Waals surface area contributed by atoms with E-state index in [0.29, 0.717) is 10.4 Å². The lowest BCUT2D eigenvalue weighted by molar-refractivity contribution is -0.0804. The van der Waals surface area contributed by atoms with Gasteiger partial charge < -0.3 is 16.3 Å². The van der Waals surface area contributed by atoms with Crippen molar-refractivity contribution in [1.82, 2.24) is 0 Å². The molecule has 1 unspecified atom stereocenters. The van der Waals surface area contributed by atoms with Crippen molar-refractivity contribution in [3.63, 3.8) is 0 Å².